The van der Waals surface area contributed by atoms with Crippen molar-refractivity contribution >= 4 is 28.8 Å². The zero-order chi connectivity index (χ0) is 14.8. The maximum Gasteiger partial charge on any atom is 0.451 e. The van der Waals surface area contributed by atoms with Crippen LogP contribution in [0.3, 0.4) is 0 Å². The van der Waals surface area contributed by atoms with Gasteiger partial charge in [-0.1, -0.05) is 11.6 Å². The molecular weight excluding hydrogens is 313 g/mol. The van der Waals surface area contributed by atoms with Gasteiger partial charge in [0, 0.05) is 24.4 Å². The van der Waals surface area contributed by atoms with Gasteiger partial charge >= 0.3 is 6.18 Å². The Hall–Kier alpha value is -1.41. The third-order valence-electron chi connectivity index (χ3n) is 2.30. The molecule has 2 aromatic rings. The maximum absolute atomic E-state index is 12.5. The number of hydrogen-bond acceptors (Lipinski definition) is 5. The van der Waals surface area contributed by atoms with Crippen LogP contribution in [-0.2, 0) is 12.6 Å². The summed E-state index contributed by atoms with van der Waals surface area (Å²) in [5.41, 5.74) is 0.885. The second kappa shape index (κ2) is 5.92. The van der Waals surface area contributed by atoms with Crippen LogP contribution in [0.15, 0.2) is 11.4 Å². The SMILES string of the molecule is Cc1nc(CCNc2cc(Cl)nc(C(F)(F)F)n2)cs1. The van der Waals surface area contributed by atoms with E-state index >= 15 is 0 Å². The maximum atomic E-state index is 12.5. The van der Waals surface area contributed by atoms with E-state index in [1.54, 1.807) is 0 Å². The number of anilines is 1. The third kappa shape index (κ3) is 4.04. The fraction of sp³-hybridized carbons (Fsp3) is 0.364. The number of nitrogens with one attached hydrogen (secondary N) is 1. The number of aryl methyl sites for hydroxylation is 1. The highest BCUT2D eigenvalue weighted by molar-refractivity contribution is 7.09. The molecule has 20 heavy (non-hydrogen) atoms. The molecule has 0 radical (unpaired) electrons. The molecule has 0 spiro atoms. The van der Waals surface area contributed by atoms with Crippen LogP contribution in [0.4, 0.5) is 19.0 Å². The molecule has 4 nitrogen and oxygen atoms in total. The van der Waals surface area contributed by atoms with Crippen molar-refractivity contribution in [2.24, 2.45) is 0 Å². The second-order valence-corrected chi connectivity index (χ2v) is 5.38. The van der Waals surface area contributed by atoms with Crippen LogP contribution in [0.25, 0.3) is 0 Å². The number of halogens is 4. The van der Waals surface area contributed by atoms with Gasteiger partial charge in [0.2, 0.25) is 5.82 Å². The van der Waals surface area contributed by atoms with Crippen molar-refractivity contribution in [2.45, 2.75) is 19.5 Å². The van der Waals surface area contributed by atoms with Crippen LogP contribution in [-0.4, -0.2) is 21.5 Å². The lowest BCUT2D eigenvalue weighted by Crippen LogP contribution is -2.14. The summed E-state index contributed by atoms with van der Waals surface area (Å²) in [5, 5.41) is 5.39. The van der Waals surface area contributed by atoms with Crippen LogP contribution >= 0.6 is 22.9 Å². The van der Waals surface area contributed by atoms with E-state index < -0.39 is 12.0 Å². The Labute approximate surface area is 122 Å². The summed E-state index contributed by atoms with van der Waals surface area (Å²) in [7, 11) is 0. The van der Waals surface area contributed by atoms with Gasteiger partial charge in [0.25, 0.3) is 0 Å². The molecule has 0 amide bonds. The molecule has 0 atom stereocenters. The molecule has 0 saturated heterocycles. The molecule has 0 aromatic carbocycles. The van der Waals surface area contributed by atoms with Crippen LogP contribution in [0.2, 0.25) is 5.15 Å². The monoisotopic (exact) mass is 322 g/mol. The van der Waals surface area contributed by atoms with E-state index in [9.17, 15) is 13.2 Å². The van der Waals surface area contributed by atoms with E-state index in [1.165, 1.54) is 17.4 Å². The van der Waals surface area contributed by atoms with Crippen LogP contribution in [0.1, 0.15) is 16.5 Å². The largest absolute Gasteiger partial charge is 0.451 e. The Balaban J connectivity index is 2.00. The molecule has 0 saturated carbocycles. The minimum absolute atomic E-state index is 0.0456. The first-order valence-corrected chi connectivity index (χ1v) is 6.87. The summed E-state index contributed by atoms with van der Waals surface area (Å²) in [6.07, 6.45) is -4.03. The van der Waals surface area contributed by atoms with E-state index in [0.29, 0.717) is 13.0 Å². The van der Waals surface area contributed by atoms with E-state index in [2.05, 4.69) is 20.3 Å². The van der Waals surface area contributed by atoms with Crippen molar-refractivity contribution < 1.29 is 13.2 Å². The standard InChI is InChI=1S/C11H10ClF3N4S/c1-6-17-7(5-20-6)2-3-16-9-4-8(12)18-10(19-9)11(13,14)15/h4-5H,2-3H2,1H3,(H,16,18,19). The first-order chi connectivity index (χ1) is 9.34. The third-order valence-corrected chi connectivity index (χ3v) is 3.32. The van der Waals surface area contributed by atoms with Gasteiger partial charge in [-0.15, -0.1) is 11.3 Å². The summed E-state index contributed by atoms with van der Waals surface area (Å²) in [5.74, 6) is -1.21. The van der Waals surface area contributed by atoms with Crippen molar-refractivity contribution in [1.82, 2.24) is 15.0 Å². The molecule has 0 aliphatic rings. The molecule has 0 fully saturated rings. The number of hydrogen-bond donors (Lipinski definition) is 1. The minimum Gasteiger partial charge on any atom is -0.370 e. The second-order valence-electron chi connectivity index (χ2n) is 3.93. The van der Waals surface area contributed by atoms with Gasteiger partial charge in [-0.3, -0.25) is 0 Å². The number of rotatable bonds is 4. The van der Waals surface area contributed by atoms with Gasteiger partial charge < -0.3 is 5.32 Å². The Morgan fingerprint density at radius 1 is 1.30 bits per heavy atom. The van der Waals surface area contributed by atoms with E-state index in [0.717, 1.165) is 10.7 Å². The minimum atomic E-state index is -4.62. The number of alkyl halides is 3. The summed E-state index contributed by atoms with van der Waals surface area (Å²) in [6.45, 7) is 2.30. The molecule has 0 unspecified atom stereocenters. The van der Waals surface area contributed by atoms with Crippen molar-refractivity contribution in [3.8, 4) is 0 Å². The highest BCUT2D eigenvalue weighted by Crippen LogP contribution is 2.28. The van der Waals surface area contributed by atoms with Gasteiger partial charge in [-0.25, -0.2) is 15.0 Å². The molecule has 9 heteroatoms. The van der Waals surface area contributed by atoms with Gasteiger partial charge in [-0.2, -0.15) is 13.2 Å². The van der Waals surface area contributed by atoms with E-state index in [-0.39, 0.29) is 11.0 Å². The Morgan fingerprint density at radius 3 is 2.65 bits per heavy atom. The van der Waals surface area contributed by atoms with Crippen molar-refractivity contribution in [3.05, 3.63) is 33.1 Å². The van der Waals surface area contributed by atoms with Gasteiger partial charge in [0.1, 0.15) is 11.0 Å². The van der Waals surface area contributed by atoms with Gasteiger partial charge in [0.15, 0.2) is 0 Å². The molecule has 2 heterocycles. The number of thiazole rings is 1. The Kier molecular flexibility index (Phi) is 4.44. The first-order valence-electron chi connectivity index (χ1n) is 5.61. The average molecular weight is 323 g/mol. The van der Waals surface area contributed by atoms with E-state index in [4.69, 9.17) is 11.6 Å². The highest BCUT2D eigenvalue weighted by atomic mass is 35.5. The molecule has 0 bridgehead atoms. The molecule has 0 aliphatic carbocycles. The van der Waals surface area contributed by atoms with Crippen LogP contribution in [0, 0.1) is 6.92 Å². The summed E-state index contributed by atoms with van der Waals surface area (Å²) in [4.78, 5) is 10.8. The van der Waals surface area contributed by atoms with Crippen molar-refractivity contribution in [1.29, 1.82) is 0 Å². The van der Waals surface area contributed by atoms with Crippen LogP contribution < -0.4 is 5.32 Å². The average Bonchev–Trinajstić information content (AvgIpc) is 2.73. The fourth-order valence-electron chi connectivity index (χ4n) is 1.48. The predicted molar refractivity (Wildman–Crippen MR) is 71.1 cm³/mol. The van der Waals surface area contributed by atoms with Crippen molar-refractivity contribution in [3.63, 3.8) is 0 Å². The smallest absolute Gasteiger partial charge is 0.370 e. The molecule has 108 valence electrons. The lowest BCUT2D eigenvalue weighted by molar-refractivity contribution is -0.144. The first kappa shape index (κ1) is 15.0. The van der Waals surface area contributed by atoms with E-state index in [1.807, 2.05) is 12.3 Å². The Morgan fingerprint density at radius 2 is 2.05 bits per heavy atom. The topological polar surface area (TPSA) is 50.7 Å². The molecular formula is C11H10ClF3N4S. The lowest BCUT2D eigenvalue weighted by atomic mass is 10.3. The zero-order valence-corrected chi connectivity index (χ0v) is 11.9. The normalized spacial score (nSPS) is 11.7. The van der Waals surface area contributed by atoms with Crippen molar-refractivity contribution in [2.75, 3.05) is 11.9 Å². The molecule has 0 aliphatic heterocycles. The quantitative estimate of drug-likeness (QED) is 0.874. The van der Waals surface area contributed by atoms with Gasteiger partial charge in [-0.05, 0) is 6.92 Å². The van der Waals surface area contributed by atoms with Gasteiger partial charge in [0.05, 0.1) is 10.7 Å². The zero-order valence-electron chi connectivity index (χ0n) is 10.3. The highest BCUT2D eigenvalue weighted by Gasteiger charge is 2.35. The summed E-state index contributed by atoms with van der Waals surface area (Å²) in [6, 6.07) is 1.25. The predicted octanol–water partition coefficient (Wildman–Crippen LogP) is 3.57. The lowest BCUT2D eigenvalue weighted by Gasteiger charge is -2.09. The number of aromatic nitrogens is 3. The fourth-order valence-corrected chi connectivity index (χ4v) is 2.31. The molecule has 2 aromatic heterocycles. The molecule has 2 rings (SSSR count). The summed E-state index contributed by atoms with van der Waals surface area (Å²) >= 11 is 7.08. The molecule has 1 N–H and O–H groups in total. The Bertz CT molecular complexity index is 600. The number of nitrogens with zero attached hydrogens (tertiary/aromatic N) is 3. The van der Waals surface area contributed by atoms with Crippen LogP contribution in [0.5, 0.6) is 0 Å². The summed E-state index contributed by atoms with van der Waals surface area (Å²) < 4.78 is 37.6.